The molecule has 0 spiro atoms. The van der Waals surface area contributed by atoms with Gasteiger partial charge in [0.1, 0.15) is 0 Å². The Morgan fingerprint density at radius 2 is 1.83 bits per heavy atom. The molecule has 1 aliphatic heterocycles. The van der Waals surface area contributed by atoms with Gasteiger partial charge in [0, 0.05) is 61.3 Å². The summed E-state index contributed by atoms with van der Waals surface area (Å²) >= 11 is 0. The SMILES string of the molecule is CNC1CCN(c2nc(-c3ccc(C#N)cc3)c(-c3cnc4c(cnn4C)c3)n3ccnc23)CC1. The molecule has 0 radical (unpaired) electrons. The molecule has 0 unspecified atom stereocenters. The Labute approximate surface area is 202 Å². The smallest absolute Gasteiger partial charge is 0.180 e. The summed E-state index contributed by atoms with van der Waals surface area (Å²) in [7, 11) is 3.91. The van der Waals surface area contributed by atoms with Crippen molar-refractivity contribution in [2.24, 2.45) is 7.05 Å². The topological polar surface area (TPSA) is 100.0 Å². The van der Waals surface area contributed by atoms with Gasteiger partial charge in [-0.05, 0) is 38.1 Å². The Morgan fingerprint density at radius 3 is 2.57 bits per heavy atom. The van der Waals surface area contributed by atoms with E-state index in [1.54, 1.807) is 4.68 Å². The summed E-state index contributed by atoms with van der Waals surface area (Å²) in [4.78, 5) is 16.9. The molecule has 1 fully saturated rings. The zero-order valence-electron chi connectivity index (χ0n) is 19.7. The molecule has 1 aliphatic rings. The number of anilines is 1. The van der Waals surface area contributed by atoms with Crippen molar-refractivity contribution in [2.45, 2.75) is 18.9 Å². The minimum atomic E-state index is 0.525. The van der Waals surface area contributed by atoms with Gasteiger partial charge in [0.25, 0.3) is 0 Å². The van der Waals surface area contributed by atoms with E-state index in [1.165, 1.54) is 0 Å². The zero-order chi connectivity index (χ0) is 23.9. The van der Waals surface area contributed by atoms with Crippen molar-refractivity contribution in [3.63, 3.8) is 0 Å². The first-order valence-electron chi connectivity index (χ1n) is 11.7. The van der Waals surface area contributed by atoms with Gasteiger partial charge in [-0.3, -0.25) is 9.08 Å². The van der Waals surface area contributed by atoms with E-state index in [1.807, 2.05) is 63.1 Å². The summed E-state index contributed by atoms with van der Waals surface area (Å²) in [6.07, 6.45) is 9.61. The van der Waals surface area contributed by atoms with Gasteiger partial charge in [0.2, 0.25) is 0 Å². The van der Waals surface area contributed by atoms with E-state index in [9.17, 15) is 5.26 Å². The molecule has 5 aromatic rings. The van der Waals surface area contributed by atoms with Crippen LogP contribution in [0.1, 0.15) is 18.4 Å². The molecule has 4 aromatic heterocycles. The number of aryl methyl sites for hydroxylation is 1. The number of benzene rings is 1. The number of nitrogens with zero attached hydrogens (tertiary/aromatic N) is 8. The number of fused-ring (bicyclic) bond motifs is 2. The van der Waals surface area contributed by atoms with Crippen molar-refractivity contribution in [3.05, 3.63) is 60.7 Å². The number of hydrogen-bond donors (Lipinski definition) is 1. The Morgan fingerprint density at radius 1 is 1.03 bits per heavy atom. The zero-order valence-corrected chi connectivity index (χ0v) is 19.7. The Balaban J connectivity index is 1.58. The van der Waals surface area contributed by atoms with Gasteiger partial charge < -0.3 is 10.2 Å². The molecule has 6 rings (SSSR count). The molecular formula is C26H25N9. The fourth-order valence-electron chi connectivity index (χ4n) is 4.92. The third kappa shape index (κ3) is 3.59. The van der Waals surface area contributed by atoms with Crippen LogP contribution in [0.25, 0.3) is 39.2 Å². The second-order valence-electron chi connectivity index (χ2n) is 8.90. The van der Waals surface area contributed by atoms with Crippen LogP contribution in [0.4, 0.5) is 5.82 Å². The highest BCUT2D eigenvalue weighted by atomic mass is 15.3. The van der Waals surface area contributed by atoms with E-state index in [0.717, 1.165) is 70.9 Å². The van der Waals surface area contributed by atoms with E-state index >= 15 is 0 Å². The maximum Gasteiger partial charge on any atom is 0.180 e. The summed E-state index contributed by atoms with van der Waals surface area (Å²) in [5.41, 5.74) is 5.88. The van der Waals surface area contributed by atoms with Crippen molar-refractivity contribution in [1.29, 1.82) is 5.26 Å². The Bertz CT molecular complexity index is 1560. The molecule has 0 bridgehead atoms. The number of aromatic nitrogens is 6. The quantitative estimate of drug-likeness (QED) is 0.436. The van der Waals surface area contributed by atoms with E-state index in [0.29, 0.717) is 11.6 Å². The van der Waals surface area contributed by atoms with Crippen LogP contribution in [0.5, 0.6) is 0 Å². The fraction of sp³-hybridized carbons (Fsp3) is 0.269. The van der Waals surface area contributed by atoms with Crippen molar-refractivity contribution < 1.29 is 0 Å². The number of nitrogens with one attached hydrogen (secondary N) is 1. The van der Waals surface area contributed by atoms with Crippen LogP contribution in [0.15, 0.2) is 55.1 Å². The number of pyridine rings is 1. The van der Waals surface area contributed by atoms with Crippen LogP contribution in [0.2, 0.25) is 0 Å². The van der Waals surface area contributed by atoms with Crippen molar-refractivity contribution >= 4 is 22.5 Å². The average molecular weight is 464 g/mol. The minimum Gasteiger partial charge on any atom is -0.353 e. The maximum absolute atomic E-state index is 9.30. The summed E-state index contributed by atoms with van der Waals surface area (Å²) in [6.45, 7) is 1.83. The highest BCUT2D eigenvalue weighted by Crippen LogP contribution is 2.36. The predicted molar refractivity (Wildman–Crippen MR) is 135 cm³/mol. The molecule has 1 aromatic carbocycles. The van der Waals surface area contributed by atoms with Crippen LogP contribution in [-0.4, -0.2) is 55.3 Å². The highest BCUT2D eigenvalue weighted by Gasteiger charge is 2.25. The van der Waals surface area contributed by atoms with Crippen LogP contribution >= 0.6 is 0 Å². The summed E-state index contributed by atoms with van der Waals surface area (Å²) < 4.78 is 3.88. The normalized spacial score (nSPS) is 14.6. The third-order valence-corrected chi connectivity index (χ3v) is 6.86. The van der Waals surface area contributed by atoms with Gasteiger partial charge in [0.05, 0.1) is 29.2 Å². The number of hydrogen-bond acceptors (Lipinski definition) is 7. The predicted octanol–water partition coefficient (Wildman–Crippen LogP) is 3.40. The second kappa shape index (κ2) is 8.49. The van der Waals surface area contributed by atoms with Crippen LogP contribution in [0.3, 0.4) is 0 Å². The lowest BCUT2D eigenvalue weighted by molar-refractivity contribution is 0.441. The molecule has 174 valence electrons. The molecule has 9 heteroatoms. The molecule has 1 N–H and O–H groups in total. The second-order valence-corrected chi connectivity index (χ2v) is 8.90. The van der Waals surface area contributed by atoms with E-state index in [2.05, 4.69) is 36.8 Å². The number of rotatable bonds is 4. The molecule has 0 aliphatic carbocycles. The first-order valence-corrected chi connectivity index (χ1v) is 11.7. The summed E-state index contributed by atoms with van der Waals surface area (Å²) in [6, 6.07) is 12.4. The first kappa shape index (κ1) is 21.3. The summed E-state index contributed by atoms with van der Waals surface area (Å²) in [5.74, 6) is 0.878. The Hall–Kier alpha value is -4.29. The lowest BCUT2D eigenvalue weighted by Crippen LogP contribution is -2.41. The first-order chi connectivity index (χ1) is 17.2. The van der Waals surface area contributed by atoms with E-state index in [4.69, 9.17) is 9.97 Å². The average Bonchev–Trinajstić information content (AvgIpc) is 3.55. The number of nitriles is 1. The molecule has 0 saturated carbocycles. The van der Waals surface area contributed by atoms with E-state index < -0.39 is 0 Å². The van der Waals surface area contributed by atoms with Crippen molar-refractivity contribution in [3.8, 4) is 28.6 Å². The Kier molecular flexibility index (Phi) is 5.16. The lowest BCUT2D eigenvalue weighted by Gasteiger charge is -2.33. The lowest BCUT2D eigenvalue weighted by atomic mass is 10.0. The fourth-order valence-corrected chi connectivity index (χ4v) is 4.92. The molecule has 35 heavy (non-hydrogen) atoms. The van der Waals surface area contributed by atoms with Gasteiger partial charge in [-0.2, -0.15) is 10.4 Å². The van der Waals surface area contributed by atoms with Crippen LogP contribution in [0, 0.1) is 11.3 Å². The third-order valence-electron chi connectivity index (χ3n) is 6.86. The van der Waals surface area contributed by atoms with Gasteiger partial charge in [-0.25, -0.2) is 15.0 Å². The van der Waals surface area contributed by atoms with Crippen LogP contribution in [-0.2, 0) is 7.05 Å². The largest absolute Gasteiger partial charge is 0.353 e. The van der Waals surface area contributed by atoms with Crippen molar-refractivity contribution in [1.82, 2.24) is 34.4 Å². The molecule has 0 amide bonds. The number of imidazole rings is 1. The molecule has 1 saturated heterocycles. The summed E-state index contributed by atoms with van der Waals surface area (Å²) in [5, 5.41) is 18.0. The monoisotopic (exact) mass is 463 g/mol. The van der Waals surface area contributed by atoms with Crippen LogP contribution < -0.4 is 10.2 Å². The standard InChI is InChI=1S/C26H25N9/c1-28-21-7-10-34(11-8-21)26-25-29-9-12-35(25)23(19-13-20-16-31-33(2)24(20)30-15-19)22(32-26)18-5-3-17(14-27)4-6-18/h3-6,9,12-13,15-16,21,28H,7-8,10-11H2,1-2H3. The van der Waals surface area contributed by atoms with E-state index in [-0.39, 0.29) is 0 Å². The highest BCUT2D eigenvalue weighted by molar-refractivity contribution is 5.87. The molecule has 9 nitrogen and oxygen atoms in total. The minimum absolute atomic E-state index is 0.525. The molecular weight excluding hydrogens is 438 g/mol. The van der Waals surface area contributed by atoms with Crippen molar-refractivity contribution in [2.75, 3.05) is 25.0 Å². The maximum atomic E-state index is 9.30. The number of piperidine rings is 1. The van der Waals surface area contributed by atoms with Gasteiger partial charge in [0.15, 0.2) is 17.1 Å². The van der Waals surface area contributed by atoms with Gasteiger partial charge in [-0.15, -0.1) is 0 Å². The molecule has 0 atom stereocenters. The van der Waals surface area contributed by atoms with Gasteiger partial charge in [-0.1, -0.05) is 12.1 Å². The molecule has 5 heterocycles. The van der Waals surface area contributed by atoms with Gasteiger partial charge >= 0.3 is 0 Å².